The first-order chi connectivity index (χ1) is 12.4. The van der Waals surface area contributed by atoms with Crippen LogP contribution < -0.4 is 10.0 Å². The largest absolute Gasteiger partial charge is 0.324 e. The van der Waals surface area contributed by atoms with Gasteiger partial charge in [0.2, 0.25) is 15.9 Å². The van der Waals surface area contributed by atoms with Gasteiger partial charge in [0.15, 0.2) is 0 Å². The molecular weight excluding hydrogens is 348 g/mol. The number of carbonyl (C=O) groups is 1. The highest BCUT2D eigenvalue weighted by Gasteiger charge is 2.22. The number of anilines is 1. The molecule has 0 aliphatic carbocycles. The minimum atomic E-state index is -3.77. The molecule has 0 unspecified atom stereocenters. The standard InChI is InChI=1S/C20H20N2O3S/c1-14-10-12-17(13-11-14)26(24,25)22-15(2)20(23)21-19-9-5-7-16-6-3-4-8-18(16)19/h3-13,15,22H,1-2H3,(H,21,23)/t15-/m0/s1. The lowest BCUT2D eigenvalue weighted by molar-refractivity contribution is -0.117. The van der Waals surface area contributed by atoms with Crippen LogP contribution in [0.2, 0.25) is 0 Å². The Morgan fingerprint density at radius 1 is 0.923 bits per heavy atom. The van der Waals surface area contributed by atoms with E-state index in [-0.39, 0.29) is 4.90 Å². The van der Waals surface area contributed by atoms with E-state index in [9.17, 15) is 13.2 Å². The molecule has 0 spiro atoms. The van der Waals surface area contributed by atoms with E-state index in [4.69, 9.17) is 0 Å². The van der Waals surface area contributed by atoms with Crippen molar-refractivity contribution in [1.82, 2.24) is 4.72 Å². The summed E-state index contributed by atoms with van der Waals surface area (Å²) in [4.78, 5) is 12.6. The molecule has 0 saturated carbocycles. The van der Waals surface area contributed by atoms with Crippen molar-refractivity contribution in [2.75, 3.05) is 5.32 Å². The van der Waals surface area contributed by atoms with Gasteiger partial charge in [-0.05, 0) is 37.4 Å². The molecule has 0 aromatic heterocycles. The highest BCUT2D eigenvalue weighted by molar-refractivity contribution is 7.89. The predicted molar refractivity (Wildman–Crippen MR) is 104 cm³/mol. The van der Waals surface area contributed by atoms with Gasteiger partial charge in [-0.1, -0.05) is 54.1 Å². The lowest BCUT2D eigenvalue weighted by atomic mass is 10.1. The van der Waals surface area contributed by atoms with Crippen LogP contribution in [0, 0.1) is 6.92 Å². The molecule has 26 heavy (non-hydrogen) atoms. The second-order valence-electron chi connectivity index (χ2n) is 6.17. The number of hydrogen-bond donors (Lipinski definition) is 2. The van der Waals surface area contributed by atoms with Gasteiger partial charge in [-0.2, -0.15) is 4.72 Å². The average molecular weight is 368 g/mol. The van der Waals surface area contributed by atoms with E-state index in [1.54, 1.807) is 18.2 Å². The zero-order valence-electron chi connectivity index (χ0n) is 14.6. The molecule has 0 saturated heterocycles. The van der Waals surface area contributed by atoms with Crippen molar-refractivity contribution in [1.29, 1.82) is 0 Å². The molecule has 0 aliphatic heterocycles. The van der Waals surface area contributed by atoms with Gasteiger partial charge >= 0.3 is 0 Å². The van der Waals surface area contributed by atoms with Gasteiger partial charge in [0.05, 0.1) is 10.9 Å². The third kappa shape index (κ3) is 3.92. The van der Waals surface area contributed by atoms with E-state index < -0.39 is 22.0 Å². The summed E-state index contributed by atoms with van der Waals surface area (Å²) in [6, 6.07) is 18.8. The lowest BCUT2D eigenvalue weighted by Crippen LogP contribution is -2.41. The smallest absolute Gasteiger partial charge is 0.242 e. The Hall–Kier alpha value is -2.70. The van der Waals surface area contributed by atoms with Crippen molar-refractivity contribution in [2.24, 2.45) is 0 Å². The zero-order valence-corrected chi connectivity index (χ0v) is 15.4. The first-order valence-corrected chi connectivity index (χ1v) is 9.73. The Bertz CT molecular complexity index is 1040. The fourth-order valence-electron chi connectivity index (χ4n) is 2.65. The summed E-state index contributed by atoms with van der Waals surface area (Å²) in [5, 5.41) is 4.70. The Labute approximate surface area is 153 Å². The molecule has 2 N–H and O–H groups in total. The molecule has 3 aromatic rings. The van der Waals surface area contributed by atoms with Crippen molar-refractivity contribution < 1.29 is 13.2 Å². The van der Waals surface area contributed by atoms with Gasteiger partial charge in [0, 0.05) is 11.1 Å². The molecule has 134 valence electrons. The van der Waals surface area contributed by atoms with Crippen LogP contribution in [0.1, 0.15) is 12.5 Å². The van der Waals surface area contributed by atoms with Crippen LogP contribution in [0.5, 0.6) is 0 Å². The number of fused-ring (bicyclic) bond motifs is 1. The Kier molecular flexibility index (Phi) is 5.06. The topological polar surface area (TPSA) is 75.3 Å². The zero-order chi connectivity index (χ0) is 18.7. The van der Waals surface area contributed by atoms with Crippen LogP contribution >= 0.6 is 0 Å². The first kappa shape index (κ1) is 18.1. The van der Waals surface area contributed by atoms with E-state index in [1.807, 2.05) is 43.3 Å². The quantitative estimate of drug-likeness (QED) is 0.724. The summed E-state index contributed by atoms with van der Waals surface area (Å²) in [6.07, 6.45) is 0. The molecule has 1 atom stereocenters. The molecule has 1 amide bonds. The summed E-state index contributed by atoms with van der Waals surface area (Å²) in [5.41, 5.74) is 1.61. The summed E-state index contributed by atoms with van der Waals surface area (Å²) >= 11 is 0. The van der Waals surface area contributed by atoms with Crippen molar-refractivity contribution in [2.45, 2.75) is 24.8 Å². The van der Waals surface area contributed by atoms with Crippen LogP contribution in [-0.4, -0.2) is 20.4 Å². The molecule has 0 aliphatic rings. The second kappa shape index (κ2) is 7.27. The number of carbonyl (C=O) groups excluding carboxylic acids is 1. The van der Waals surface area contributed by atoms with Gasteiger partial charge in [-0.15, -0.1) is 0 Å². The summed E-state index contributed by atoms with van der Waals surface area (Å²) in [6.45, 7) is 3.40. The van der Waals surface area contributed by atoms with Crippen molar-refractivity contribution in [3.63, 3.8) is 0 Å². The summed E-state index contributed by atoms with van der Waals surface area (Å²) in [7, 11) is -3.77. The van der Waals surface area contributed by atoms with Crippen molar-refractivity contribution in [3.05, 3.63) is 72.3 Å². The van der Waals surface area contributed by atoms with Crippen LogP contribution in [0.4, 0.5) is 5.69 Å². The monoisotopic (exact) mass is 368 g/mol. The Morgan fingerprint density at radius 3 is 2.31 bits per heavy atom. The molecule has 0 fully saturated rings. The third-order valence-electron chi connectivity index (χ3n) is 4.10. The van der Waals surface area contributed by atoms with E-state index in [0.717, 1.165) is 16.3 Å². The van der Waals surface area contributed by atoms with E-state index in [2.05, 4.69) is 10.0 Å². The molecule has 0 heterocycles. The van der Waals surface area contributed by atoms with Gasteiger partial charge in [-0.3, -0.25) is 4.79 Å². The number of sulfonamides is 1. The minimum absolute atomic E-state index is 0.132. The molecule has 3 rings (SSSR count). The number of aryl methyl sites for hydroxylation is 1. The van der Waals surface area contributed by atoms with E-state index in [0.29, 0.717) is 5.69 Å². The van der Waals surface area contributed by atoms with Gasteiger partial charge < -0.3 is 5.32 Å². The molecular formula is C20H20N2O3S. The molecule has 0 bridgehead atoms. The number of amides is 1. The van der Waals surface area contributed by atoms with Gasteiger partial charge in [0.1, 0.15) is 0 Å². The van der Waals surface area contributed by atoms with Crippen molar-refractivity contribution >= 4 is 32.4 Å². The molecule has 0 radical (unpaired) electrons. The predicted octanol–water partition coefficient (Wildman–Crippen LogP) is 3.45. The third-order valence-corrected chi connectivity index (χ3v) is 5.66. The number of nitrogens with one attached hydrogen (secondary N) is 2. The van der Waals surface area contributed by atoms with Gasteiger partial charge in [-0.25, -0.2) is 8.42 Å². The normalized spacial score (nSPS) is 12.7. The van der Waals surface area contributed by atoms with Crippen molar-refractivity contribution in [3.8, 4) is 0 Å². The number of hydrogen-bond acceptors (Lipinski definition) is 3. The maximum Gasteiger partial charge on any atom is 0.242 e. The fourth-order valence-corrected chi connectivity index (χ4v) is 3.85. The average Bonchev–Trinajstić information content (AvgIpc) is 2.62. The second-order valence-corrected chi connectivity index (χ2v) is 7.89. The van der Waals surface area contributed by atoms with Crippen LogP contribution in [0.15, 0.2) is 71.6 Å². The van der Waals surface area contributed by atoms with Gasteiger partial charge in [0.25, 0.3) is 0 Å². The van der Waals surface area contributed by atoms with Crippen LogP contribution in [-0.2, 0) is 14.8 Å². The highest BCUT2D eigenvalue weighted by atomic mass is 32.2. The number of benzene rings is 3. The maximum absolute atomic E-state index is 12.5. The summed E-state index contributed by atoms with van der Waals surface area (Å²) in [5.74, 6) is -0.419. The molecule has 5 nitrogen and oxygen atoms in total. The Morgan fingerprint density at radius 2 is 1.58 bits per heavy atom. The van der Waals surface area contributed by atoms with Crippen LogP contribution in [0.25, 0.3) is 10.8 Å². The summed E-state index contributed by atoms with van der Waals surface area (Å²) < 4.78 is 27.3. The molecule has 6 heteroatoms. The fraction of sp³-hybridized carbons (Fsp3) is 0.150. The minimum Gasteiger partial charge on any atom is -0.324 e. The Balaban J connectivity index is 1.76. The highest BCUT2D eigenvalue weighted by Crippen LogP contribution is 2.23. The van der Waals surface area contributed by atoms with Crippen LogP contribution in [0.3, 0.4) is 0 Å². The van der Waals surface area contributed by atoms with E-state index >= 15 is 0 Å². The lowest BCUT2D eigenvalue weighted by Gasteiger charge is -2.15. The maximum atomic E-state index is 12.5. The number of rotatable bonds is 5. The SMILES string of the molecule is Cc1ccc(S(=O)(=O)N[C@@H](C)C(=O)Nc2cccc3ccccc23)cc1. The van der Waals surface area contributed by atoms with E-state index in [1.165, 1.54) is 19.1 Å². The molecule has 3 aromatic carbocycles. The first-order valence-electron chi connectivity index (χ1n) is 8.24.